The first-order chi connectivity index (χ1) is 13.0. The molecule has 1 aromatic heterocycles. The number of carboxylic acids is 1. The van der Waals surface area contributed by atoms with Crippen molar-refractivity contribution < 1.29 is 23.9 Å². The Morgan fingerprint density at radius 2 is 1.93 bits per heavy atom. The first-order valence-electron chi connectivity index (χ1n) is 8.13. The van der Waals surface area contributed by atoms with Gasteiger partial charge < -0.3 is 25.0 Å². The first kappa shape index (κ1) is 20.3. The Morgan fingerprint density at radius 1 is 1.19 bits per heavy atom. The lowest BCUT2D eigenvalue weighted by Crippen LogP contribution is -2.50. The van der Waals surface area contributed by atoms with Crippen LogP contribution in [0.1, 0.15) is 22.5 Å². The van der Waals surface area contributed by atoms with Gasteiger partial charge in [-0.25, -0.2) is 0 Å². The van der Waals surface area contributed by atoms with E-state index < -0.39 is 23.8 Å². The number of rotatable bonds is 9. The van der Waals surface area contributed by atoms with Crippen LogP contribution >= 0.6 is 11.8 Å². The van der Waals surface area contributed by atoms with E-state index in [2.05, 4.69) is 10.6 Å². The molecule has 0 aliphatic heterocycles. The number of thioether (sulfide) groups is 1. The summed E-state index contributed by atoms with van der Waals surface area (Å²) in [5.41, 5.74) is 0.564. The summed E-state index contributed by atoms with van der Waals surface area (Å²) >= 11 is 1.46. The summed E-state index contributed by atoms with van der Waals surface area (Å²) in [4.78, 5) is 36.1. The van der Waals surface area contributed by atoms with Crippen molar-refractivity contribution in [3.8, 4) is 0 Å². The largest absolute Gasteiger partial charge is 0.548 e. The second kappa shape index (κ2) is 10.2. The Kier molecular flexibility index (Phi) is 7.69. The van der Waals surface area contributed by atoms with Crippen molar-refractivity contribution >= 4 is 35.6 Å². The molecule has 142 valence electrons. The van der Waals surface area contributed by atoms with E-state index in [1.807, 2.05) is 12.3 Å². The molecule has 0 saturated heterocycles. The molecule has 1 aromatic carbocycles. The molecule has 2 N–H and O–H groups in total. The van der Waals surface area contributed by atoms with Crippen molar-refractivity contribution in [1.82, 2.24) is 10.6 Å². The van der Waals surface area contributed by atoms with Crippen LogP contribution in [0, 0.1) is 0 Å². The molecule has 0 spiro atoms. The highest BCUT2D eigenvalue weighted by Crippen LogP contribution is 2.08. The van der Waals surface area contributed by atoms with E-state index in [0.29, 0.717) is 11.3 Å². The van der Waals surface area contributed by atoms with Gasteiger partial charge in [-0.15, -0.1) is 0 Å². The quantitative estimate of drug-likeness (QED) is 0.622. The van der Waals surface area contributed by atoms with Crippen LogP contribution in [0.15, 0.2) is 58.8 Å². The van der Waals surface area contributed by atoms with Gasteiger partial charge in [0, 0.05) is 0 Å². The number of carboxylic acid groups (broad SMARTS) is 1. The normalized spacial score (nSPS) is 12.3. The highest BCUT2D eigenvalue weighted by Gasteiger charge is 2.20. The van der Waals surface area contributed by atoms with E-state index in [1.165, 1.54) is 30.2 Å². The zero-order valence-corrected chi connectivity index (χ0v) is 15.5. The predicted molar refractivity (Wildman–Crippen MR) is 101 cm³/mol. The minimum atomic E-state index is -1.38. The monoisotopic (exact) mass is 387 g/mol. The maximum Gasteiger partial charge on any atom is 0.291 e. The van der Waals surface area contributed by atoms with Crippen molar-refractivity contribution in [2.24, 2.45) is 0 Å². The molecule has 0 unspecified atom stereocenters. The third-order valence-electron chi connectivity index (χ3n) is 3.55. The number of nitrogens with one attached hydrogen (secondary N) is 2. The number of hydrogen-bond acceptors (Lipinski definition) is 6. The van der Waals surface area contributed by atoms with Gasteiger partial charge in [-0.1, -0.05) is 30.3 Å². The summed E-state index contributed by atoms with van der Waals surface area (Å²) in [5.74, 6) is -2.16. The molecule has 0 aliphatic carbocycles. The number of benzene rings is 1. The number of aliphatic carboxylic acids is 1. The van der Waals surface area contributed by atoms with Crippen LogP contribution in [0.2, 0.25) is 0 Å². The Morgan fingerprint density at radius 3 is 2.52 bits per heavy atom. The van der Waals surface area contributed by atoms with Gasteiger partial charge in [0.25, 0.3) is 11.8 Å². The number of amides is 2. The molecule has 0 radical (unpaired) electrons. The van der Waals surface area contributed by atoms with Gasteiger partial charge in [0.1, 0.15) is 5.70 Å². The Bertz CT molecular complexity index is 803. The first-order valence-corrected chi connectivity index (χ1v) is 9.53. The van der Waals surface area contributed by atoms with Crippen LogP contribution in [0.4, 0.5) is 0 Å². The summed E-state index contributed by atoms with van der Waals surface area (Å²) in [6.07, 6.45) is 4.83. The lowest BCUT2D eigenvalue weighted by Gasteiger charge is -2.20. The fraction of sp³-hybridized carbons (Fsp3) is 0.211. The van der Waals surface area contributed by atoms with Gasteiger partial charge in [-0.05, 0) is 42.2 Å². The van der Waals surface area contributed by atoms with E-state index in [0.717, 1.165) is 0 Å². The van der Waals surface area contributed by atoms with Gasteiger partial charge in [-0.2, -0.15) is 11.8 Å². The van der Waals surface area contributed by atoms with E-state index in [1.54, 1.807) is 30.3 Å². The third kappa shape index (κ3) is 6.34. The summed E-state index contributed by atoms with van der Waals surface area (Å²) in [5, 5.41) is 16.1. The zero-order valence-electron chi connectivity index (χ0n) is 14.6. The van der Waals surface area contributed by atoms with E-state index >= 15 is 0 Å². The standard InChI is InChI=1S/C19H20N2O5S/c1-27-11-9-14(19(24)25)20-17(22)15(12-13-6-3-2-4-7-13)21-18(23)16-8-5-10-26-16/h2-8,10,12,14H,9,11H2,1H3,(H,20,22)(H,21,23)(H,24,25)/p-1/b15-12+/t14-/m1/s1. The fourth-order valence-corrected chi connectivity index (χ4v) is 2.66. The van der Waals surface area contributed by atoms with Crippen molar-refractivity contribution in [1.29, 1.82) is 0 Å². The molecule has 2 rings (SSSR count). The molecule has 0 bridgehead atoms. The topological polar surface area (TPSA) is 111 Å². The fourth-order valence-electron chi connectivity index (χ4n) is 2.19. The van der Waals surface area contributed by atoms with Crippen LogP contribution in [-0.4, -0.2) is 35.8 Å². The molecule has 8 heteroatoms. The average Bonchev–Trinajstić information content (AvgIpc) is 3.20. The molecule has 0 saturated carbocycles. The molecular weight excluding hydrogens is 368 g/mol. The lowest BCUT2D eigenvalue weighted by atomic mass is 10.1. The summed E-state index contributed by atoms with van der Waals surface area (Å²) in [6.45, 7) is 0. The summed E-state index contributed by atoms with van der Waals surface area (Å²) in [7, 11) is 0. The average molecular weight is 387 g/mol. The van der Waals surface area contributed by atoms with Crippen molar-refractivity contribution in [3.05, 3.63) is 65.7 Å². The molecule has 2 aromatic rings. The van der Waals surface area contributed by atoms with Gasteiger partial charge in [0.2, 0.25) is 0 Å². The molecular formula is C19H19N2O5S-. The molecule has 0 fully saturated rings. The molecule has 2 amide bonds. The second-order valence-electron chi connectivity index (χ2n) is 5.53. The van der Waals surface area contributed by atoms with E-state index in [-0.39, 0.29) is 17.9 Å². The Balaban J connectivity index is 2.22. The van der Waals surface area contributed by atoms with Crippen molar-refractivity contribution in [2.75, 3.05) is 12.0 Å². The Hall–Kier alpha value is -3.00. The number of carbonyl (C=O) groups is 3. The van der Waals surface area contributed by atoms with E-state index in [4.69, 9.17) is 4.42 Å². The smallest absolute Gasteiger partial charge is 0.291 e. The van der Waals surface area contributed by atoms with Gasteiger partial charge >= 0.3 is 0 Å². The molecule has 7 nitrogen and oxygen atoms in total. The van der Waals surface area contributed by atoms with Crippen LogP contribution in [0.5, 0.6) is 0 Å². The minimum Gasteiger partial charge on any atom is -0.548 e. The SMILES string of the molecule is CSCC[C@@H](NC(=O)/C(=C\c1ccccc1)NC(=O)c1ccco1)C(=O)[O-]. The Labute approximate surface area is 160 Å². The van der Waals surface area contributed by atoms with Crippen LogP contribution in [0.3, 0.4) is 0 Å². The molecule has 0 aliphatic rings. The maximum atomic E-state index is 12.6. The van der Waals surface area contributed by atoms with Crippen molar-refractivity contribution in [3.63, 3.8) is 0 Å². The van der Waals surface area contributed by atoms with E-state index in [9.17, 15) is 19.5 Å². The highest BCUT2D eigenvalue weighted by atomic mass is 32.2. The number of furan rings is 1. The van der Waals surface area contributed by atoms with Crippen molar-refractivity contribution in [2.45, 2.75) is 12.5 Å². The van der Waals surface area contributed by atoms with Gasteiger partial charge in [-0.3, -0.25) is 9.59 Å². The summed E-state index contributed by atoms with van der Waals surface area (Å²) in [6, 6.07) is 10.7. The minimum absolute atomic E-state index is 0.0283. The second-order valence-corrected chi connectivity index (χ2v) is 6.51. The van der Waals surface area contributed by atoms with Crippen LogP contribution in [-0.2, 0) is 9.59 Å². The molecule has 1 atom stereocenters. The summed E-state index contributed by atoms with van der Waals surface area (Å²) < 4.78 is 5.02. The number of hydrogen-bond donors (Lipinski definition) is 2. The highest BCUT2D eigenvalue weighted by molar-refractivity contribution is 7.98. The lowest BCUT2D eigenvalue weighted by molar-refractivity contribution is -0.308. The van der Waals surface area contributed by atoms with Gasteiger partial charge in [0.05, 0.1) is 18.3 Å². The zero-order chi connectivity index (χ0) is 19.6. The third-order valence-corrected chi connectivity index (χ3v) is 4.19. The van der Waals surface area contributed by atoms with Gasteiger partial charge in [0.15, 0.2) is 5.76 Å². The maximum absolute atomic E-state index is 12.6. The molecule has 1 heterocycles. The number of carbonyl (C=O) groups excluding carboxylic acids is 3. The van der Waals surface area contributed by atoms with Crippen LogP contribution < -0.4 is 15.7 Å². The van der Waals surface area contributed by atoms with Crippen LogP contribution in [0.25, 0.3) is 6.08 Å². The molecule has 27 heavy (non-hydrogen) atoms. The predicted octanol–water partition coefficient (Wildman–Crippen LogP) is 1.04.